The molecule has 0 spiro atoms. The molecule has 1 N–H and O–H groups in total. The Balaban J connectivity index is 2.13. The zero-order valence-electron chi connectivity index (χ0n) is 11.2. The molecule has 20 heavy (non-hydrogen) atoms. The van der Waals surface area contributed by atoms with Crippen molar-refractivity contribution in [1.29, 1.82) is 0 Å². The fourth-order valence-corrected chi connectivity index (χ4v) is 2.65. The molecule has 1 amide bonds. The van der Waals surface area contributed by atoms with Gasteiger partial charge in [-0.05, 0) is 43.7 Å². The third-order valence-electron chi connectivity index (χ3n) is 3.28. The second kappa shape index (κ2) is 4.87. The normalized spacial score (nSPS) is 15.3. The lowest BCUT2D eigenvalue weighted by atomic mass is 10.1. The SMILES string of the molecule is Cc1ccc(N=C2C(=O)Nc3ccc(Br)cc32)c(C)c1. The summed E-state index contributed by atoms with van der Waals surface area (Å²) in [5, 5.41) is 2.84. The van der Waals surface area contributed by atoms with E-state index >= 15 is 0 Å². The maximum atomic E-state index is 12.1. The number of carbonyl (C=O) groups excluding carboxylic acids is 1. The first-order valence-corrected chi connectivity index (χ1v) is 7.11. The van der Waals surface area contributed by atoms with Crippen LogP contribution in [0.1, 0.15) is 16.7 Å². The number of carbonyl (C=O) groups is 1. The average molecular weight is 329 g/mol. The van der Waals surface area contributed by atoms with Crippen molar-refractivity contribution in [3.05, 3.63) is 57.6 Å². The Labute approximate surface area is 125 Å². The molecule has 2 aromatic rings. The predicted molar refractivity (Wildman–Crippen MR) is 84.9 cm³/mol. The van der Waals surface area contributed by atoms with Crippen molar-refractivity contribution < 1.29 is 4.79 Å². The molecule has 3 rings (SSSR count). The highest BCUT2D eigenvalue weighted by Gasteiger charge is 2.26. The van der Waals surface area contributed by atoms with E-state index in [2.05, 4.69) is 32.3 Å². The van der Waals surface area contributed by atoms with Crippen LogP contribution in [-0.2, 0) is 4.79 Å². The Morgan fingerprint density at radius 3 is 2.65 bits per heavy atom. The molecule has 2 aromatic carbocycles. The number of nitrogens with zero attached hydrogens (tertiary/aromatic N) is 1. The Morgan fingerprint density at radius 1 is 1.10 bits per heavy atom. The number of anilines is 1. The number of hydrogen-bond donors (Lipinski definition) is 1. The van der Waals surface area contributed by atoms with E-state index in [4.69, 9.17) is 0 Å². The number of aliphatic imine (C=N–C) groups is 1. The number of aryl methyl sites for hydroxylation is 2. The van der Waals surface area contributed by atoms with Gasteiger partial charge in [0.05, 0.1) is 11.4 Å². The van der Waals surface area contributed by atoms with Crippen LogP contribution in [0.4, 0.5) is 11.4 Å². The maximum Gasteiger partial charge on any atom is 0.275 e. The molecule has 0 fully saturated rings. The van der Waals surface area contributed by atoms with Gasteiger partial charge in [0.1, 0.15) is 5.71 Å². The van der Waals surface area contributed by atoms with Crippen LogP contribution in [-0.4, -0.2) is 11.6 Å². The summed E-state index contributed by atoms with van der Waals surface area (Å²) >= 11 is 3.43. The van der Waals surface area contributed by atoms with Crippen LogP contribution in [0.5, 0.6) is 0 Å². The molecule has 0 radical (unpaired) electrons. The molecule has 0 unspecified atom stereocenters. The molecule has 1 aliphatic rings. The Bertz CT molecular complexity index is 750. The standard InChI is InChI=1S/C16H13BrN2O/c1-9-3-5-13(10(2)7-9)18-15-12-8-11(17)4-6-14(12)19-16(15)20/h3-8H,1-2H3,(H,18,19,20). The quantitative estimate of drug-likeness (QED) is 0.839. The van der Waals surface area contributed by atoms with Gasteiger partial charge in [0, 0.05) is 10.0 Å². The average Bonchev–Trinajstić information content (AvgIpc) is 2.69. The summed E-state index contributed by atoms with van der Waals surface area (Å²) in [5.74, 6) is -0.155. The largest absolute Gasteiger partial charge is 0.320 e. The lowest BCUT2D eigenvalue weighted by Crippen LogP contribution is -2.14. The van der Waals surface area contributed by atoms with Crippen LogP contribution in [0.2, 0.25) is 0 Å². The Kier molecular flexibility index (Phi) is 3.18. The molecule has 0 aliphatic carbocycles. The van der Waals surface area contributed by atoms with Gasteiger partial charge in [-0.3, -0.25) is 4.79 Å². The maximum absolute atomic E-state index is 12.1. The topological polar surface area (TPSA) is 41.5 Å². The van der Waals surface area contributed by atoms with E-state index in [0.717, 1.165) is 27.0 Å². The summed E-state index contributed by atoms with van der Waals surface area (Å²) in [7, 11) is 0. The Morgan fingerprint density at radius 2 is 1.90 bits per heavy atom. The minimum Gasteiger partial charge on any atom is -0.320 e. The number of amides is 1. The predicted octanol–water partition coefficient (Wildman–Crippen LogP) is 4.14. The molecule has 0 aromatic heterocycles. The van der Waals surface area contributed by atoms with E-state index in [1.165, 1.54) is 5.56 Å². The van der Waals surface area contributed by atoms with Gasteiger partial charge in [-0.25, -0.2) is 4.99 Å². The van der Waals surface area contributed by atoms with E-state index in [1.807, 2.05) is 44.2 Å². The van der Waals surface area contributed by atoms with Crippen LogP contribution in [0.25, 0.3) is 0 Å². The molecule has 4 heteroatoms. The zero-order chi connectivity index (χ0) is 14.3. The van der Waals surface area contributed by atoms with Gasteiger partial charge in [-0.1, -0.05) is 33.6 Å². The number of hydrogen-bond acceptors (Lipinski definition) is 2. The summed E-state index contributed by atoms with van der Waals surface area (Å²) in [6.45, 7) is 4.04. The summed E-state index contributed by atoms with van der Waals surface area (Å²) in [6, 6.07) is 11.7. The van der Waals surface area contributed by atoms with Gasteiger partial charge in [0.15, 0.2) is 0 Å². The molecule has 0 bridgehead atoms. The lowest BCUT2D eigenvalue weighted by Gasteiger charge is -2.03. The summed E-state index contributed by atoms with van der Waals surface area (Å²) in [4.78, 5) is 16.6. The number of benzene rings is 2. The van der Waals surface area contributed by atoms with Crippen molar-refractivity contribution in [2.75, 3.05) is 5.32 Å². The minimum absolute atomic E-state index is 0.155. The first kappa shape index (κ1) is 13.1. The lowest BCUT2D eigenvalue weighted by molar-refractivity contribution is -0.110. The molecule has 0 saturated carbocycles. The molecular weight excluding hydrogens is 316 g/mol. The summed E-state index contributed by atoms with van der Waals surface area (Å²) in [5.41, 5.74) is 5.19. The molecule has 0 atom stereocenters. The summed E-state index contributed by atoms with van der Waals surface area (Å²) in [6.07, 6.45) is 0. The van der Waals surface area contributed by atoms with Crippen molar-refractivity contribution in [2.24, 2.45) is 4.99 Å². The fourth-order valence-electron chi connectivity index (χ4n) is 2.29. The van der Waals surface area contributed by atoms with E-state index in [-0.39, 0.29) is 5.91 Å². The van der Waals surface area contributed by atoms with Gasteiger partial charge in [0.25, 0.3) is 5.91 Å². The van der Waals surface area contributed by atoms with E-state index in [1.54, 1.807) is 0 Å². The molecule has 1 heterocycles. The monoisotopic (exact) mass is 328 g/mol. The number of rotatable bonds is 1. The second-order valence-corrected chi connectivity index (χ2v) is 5.81. The summed E-state index contributed by atoms with van der Waals surface area (Å²) < 4.78 is 0.932. The highest BCUT2D eigenvalue weighted by atomic mass is 79.9. The number of nitrogens with one attached hydrogen (secondary N) is 1. The molecule has 0 saturated heterocycles. The van der Waals surface area contributed by atoms with Crippen molar-refractivity contribution in [3.63, 3.8) is 0 Å². The second-order valence-electron chi connectivity index (χ2n) is 4.89. The molecule has 3 nitrogen and oxygen atoms in total. The first-order chi connectivity index (χ1) is 9.54. The van der Waals surface area contributed by atoms with Crippen molar-refractivity contribution >= 4 is 38.9 Å². The number of fused-ring (bicyclic) bond motifs is 1. The van der Waals surface area contributed by atoms with Gasteiger partial charge >= 0.3 is 0 Å². The highest BCUT2D eigenvalue weighted by Crippen LogP contribution is 2.29. The van der Waals surface area contributed by atoms with Crippen LogP contribution in [0, 0.1) is 13.8 Å². The third kappa shape index (κ3) is 2.27. The van der Waals surface area contributed by atoms with Crippen LogP contribution in [0.15, 0.2) is 45.9 Å². The van der Waals surface area contributed by atoms with Gasteiger partial charge in [-0.2, -0.15) is 0 Å². The Hall–Kier alpha value is -1.94. The van der Waals surface area contributed by atoms with E-state index in [0.29, 0.717) is 5.71 Å². The van der Waals surface area contributed by atoms with E-state index < -0.39 is 0 Å². The van der Waals surface area contributed by atoms with Gasteiger partial charge in [-0.15, -0.1) is 0 Å². The minimum atomic E-state index is -0.155. The van der Waals surface area contributed by atoms with Crippen LogP contribution >= 0.6 is 15.9 Å². The van der Waals surface area contributed by atoms with Crippen molar-refractivity contribution in [1.82, 2.24) is 0 Å². The molecule has 100 valence electrons. The first-order valence-electron chi connectivity index (χ1n) is 6.32. The van der Waals surface area contributed by atoms with Gasteiger partial charge < -0.3 is 5.32 Å². The third-order valence-corrected chi connectivity index (χ3v) is 3.78. The zero-order valence-corrected chi connectivity index (χ0v) is 12.8. The van der Waals surface area contributed by atoms with Crippen LogP contribution in [0.3, 0.4) is 0 Å². The smallest absolute Gasteiger partial charge is 0.275 e. The van der Waals surface area contributed by atoms with E-state index in [9.17, 15) is 4.79 Å². The van der Waals surface area contributed by atoms with Crippen LogP contribution < -0.4 is 5.32 Å². The van der Waals surface area contributed by atoms with Gasteiger partial charge in [0.2, 0.25) is 0 Å². The molecule has 1 aliphatic heterocycles. The van der Waals surface area contributed by atoms with Crippen molar-refractivity contribution in [3.8, 4) is 0 Å². The number of halogens is 1. The molecular formula is C16H13BrN2O. The fraction of sp³-hybridized carbons (Fsp3) is 0.125. The van der Waals surface area contributed by atoms with Crippen molar-refractivity contribution in [2.45, 2.75) is 13.8 Å². The highest BCUT2D eigenvalue weighted by molar-refractivity contribution is 9.10.